The number of aryl methyl sites for hydroxylation is 1. The molecule has 1 aliphatic heterocycles. The van der Waals surface area contributed by atoms with E-state index in [1.54, 1.807) is 0 Å². The minimum Gasteiger partial charge on any atom is -1.00 e. The van der Waals surface area contributed by atoms with Gasteiger partial charge in [-0.3, -0.25) is 4.79 Å². The molecule has 1 aromatic heterocycles. The van der Waals surface area contributed by atoms with E-state index in [-0.39, 0.29) is 41.4 Å². The number of carbonyl (C=O) groups excluding carboxylic acids is 1. The summed E-state index contributed by atoms with van der Waals surface area (Å²) in [6.07, 6.45) is 5.68. The van der Waals surface area contributed by atoms with Crippen molar-refractivity contribution in [2.45, 2.75) is 26.3 Å². The van der Waals surface area contributed by atoms with E-state index in [4.69, 9.17) is 9.84 Å². The molecule has 6 heteroatoms. The Morgan fingerprint density at radius 2 is 2.32 bits per heavy atom. The van der Waals surface area contributed by atoms with Crippen LogP contribution in [0.2, 0.25) is 0 Å². The molecule has 108 valence electrons. The highest BCUT2D eigenvalue weighted by molar-refractivity contribution is 5.74. The summed E-state index contributed by atoms with van der Waals surface area (Å²) < 4.78 is 9.15. The van der Waals surface area contributed by atoms with Crippen molar-refractivity contribution in [3.63, 3.8) is 0 Å². The normalized spacial score (nSPS) is 22.2. The fraction of sp³-hybridized carbons (Fsp3) is 0.692. The molecule has 1 N–H and O–H groups in total. The van der Waals surface area contributed by atoms with Crippen LogP contribution in [0.15, 0.2) is 12.5 Å². The SMILES string of the molecule is CCC1C(=O)OCC1Cc1c[n+](CCO)cn1C.[Br-]. The van der Waals surface area contributed by atoms with E-state index < -0.39 is 0 Å². The molecule has 2 heterocycles. The van der Waals surface area contributed by atoms with Gasteiger partial charge < -0.3 is 26.8 Å². The molecule has 19 heavy (non-hydrogen) atoms. The lowest BCUT2D eigenvalue weighted by Crippen LogP contribution is -3.00. The highest BCUT2D eigenvalue weighted by atomic mass is 79.9. The van der Waals surface area contributed by atoms with Gasteiger partial charge in [0.2, 0.25) is 6.33 Å². The Labute approximate surface area is 124 Å². The number of imidazole rings is 1. The fourth-order valence-electron chi connectivity index (χ4n) is 2.62. The van der Waals surface area contributed by atoms with Crippen molar-refractivity contribution in [1.82, 2.24) is 4.57 Å². The van der Waals surface area contributed by atoms with E-state index in [1.165, 1.54) is 5.69 Å². The number of aromatic nitrogens is 2. The largest absolute Gasteiger partial charge is 1.00 e. The smallest absolute Gasteiger partial charge is 0.309 e. The molecule has 1 fully saturated rings. The highest BCUT2D eigenvalue weighted by Crippen LogP contribution is 2.27. The van der Waals surface area contributed by atoms with Crippen molar-refractivity contribution < 1.29 is 36.2 Å². The molecule has 1 aromatic rings. The predicted octanol–water partition coefficient (Wildman–Crippen LogP) is -2.95. The van der Waals surface area contributed by atoms with Gasteiger partial charge in [0.15, 0.2) is 0 Å². The lowest BCUT2D eigenvalue weighted by atomic mass is 9.89. The number of nitrogens with zero attached hydrogens (tertiary/aromatic N) is 2. The third kappa shape index (κ3) is 3.57. The molecule has 1 saturated heterocycles. The lowest BCUT2D eigenvalue weighted by Gasteiger charge is -2.10. The number of hydrogen-bond donors (Lipinski definition) is 1. The van der Waals surface area contributed by atoms with Crippen LogP contribution in [0, 0.1) is 11.8 Å². The second kappa shape index (κ2) is 7.05. The average molecular weight is 333 g/mol. The highest BCUT2D eigenvalue weighted by Gasteiger charge is 2.36. The Bertz CT molecular complexity index is 434. The van der Waals surface area contributed by atoms with Gasteiger partial charge in [0.1, 0.15) is 18.4 Å². The Kier molecular flexibility index (Phi) is 6.00. The van der Waals surface area contributed by atoms with E-state index in [2.05, 4.69) is 0 Å². The van der Waals surface area contributed by atoms with E-state index in [0.29, 0.717) is 13.2 Å². The van der Waals surface area contributed by atoms with Gasteiger partial charge in [-0.15, -0.1) is 0 Å². The minimum atomic E-state index is -0.0556. The van der Waals surface area contributed by atoms with Crippen LogP contribution in [0.25, 0.3) is 0 Å². The summed E-state index contributed by atoms with van der Waals surface area (Å²) in [7, 11) is 1.99. The van der Waals surface area contributed by atoms with Crippen molar-refractivity contribution in [2.75, 3.05) is 13.2 Å². The molecule has 0 saturated carbocycles. The Balaban J connectivity index is 0.00000180. The average Bonchev–Trinajstić information content (AvgIpc) is 2.85. The number of carbonyl (C=O) groups is 1. The molecular formula is C13H21BrN2O3. The summed E-state index contributed by atoms with van der Waals surface area (Å²) in [6.45, 7) is 3.30. The lowest BCUT2D eigenvalue weighted by molar-refractivity contribution is -0.697. The molecule has 0 aliphatic carbocycles. The van der Waals surface area contributed by atoms with Crippen LogP contribution < -0.4 is 21.5 Å². The molecule has 0 spiro atoms. The van der Waals surface area contributed by atoms with Crippen LogP contribution in [0.5, 0.6) is 0 Å². The molecule has 2 rings (SSSR count). The van der Waals surface area contributed by atoms with Crippen LogP contribution in [-0.4, -0.2) is 28.9 Å². The van der Waals surface area contributed by atoms with Gasteiger partial charge in [-0.1, -0.05) is 6.92 Å². The Morgan fingerprint density at radius 3 is 2.95 bits per heavy atom. The van der Waals surface area contributed by atoms with E-state index in [0.717, 1.165) is 12.8 Å². The first kappa shape index (κ1) is 16.2. The fourth-order valence-corrected chi connectivity index (χ4v) is 2.62. The van der Waals surface area contributed by atoms with Gasteiger partial charge in [0.25, 0.3) is 0 Å². The molecule has 0 aromatic carbocycles. The van der Waals surface area contributed by atoms with Crippen LogP contribution >= 0.6 is 0 Å². The van der Waals surface area contributed by atoms with Gasteiger partial charge in [0, 0.05) is 12.3 Å². The maximum atomic E-state index is 11.5. The summed E-state index contributed by atoms with van der Waals surface area (Å²) in [6, 6.07) is 0. The molecular weight excluding hydrogens is 312 g/mol. The van der Waals surface area contributed by atoms with E-state index in [1.807, 2.05) is 35.6 Å². The van der Waals surface area contributed by atoms with Gasteiger partial charge in [0.05, 0.1) is 26.2 Å². The van der Waals surface area contributed by atoms with E-state index >= 15 is 0 Å². The standard InChI is InChI=1S/C13H21N2O3.BrH/c1-3-12-10(8-18-13(12)17)6-11-7-15(4-5-16)9-14(11)2;/h7,9-10,12,16H,3-6,8H2,1-2H3;1H/q+1;/p-1. The predicted molar refractivity (Wildman–Crippen MR) is 64.6 cm³/mol. The minimum absolute atomic E-state index is 0. The zero-order chi connectivity index (χ0) is 13.1. The molecule has 2 unspecified atom stereocenters. The zero-order valence-electron chi connectivity index (χ0n) is 11.4. The summed E-state index contributed by atoms with van der Waals surface area (Å²) in [5, 5.41) is 8.92. The third-order valence-corrected chi connectivity index (χ3v) is 3.67. The molecule has 0 radical (unpaired) electrons. The van der Waals surface area contributed by atoms with Crippen LogP contribution in [-0.2, 0) is 29.5 Å². The summed E-state index contributed by atoms with van der Waals surface area (Å²) in [5.41, 5.74) is 1.17. The second-order valence-corrected chi connectivity index (χ2v) is 4.92. The van der Waals surface area contributed by atoms with Crippen molar-refractivity contribution in [3.05, 3.63) is 18.2 Å². The summed E-state index contributed by atoms with van der Waals surface area (Å²) in [5.74, 6) is 0.254. The van der Waals surface area contributed by atoms with Crippen molar-refractivity contribution >= 4 is 5.97 Å². The molecule has 0 bridgehead atoms. The summed E-state index contributed by atoms with van der Waals surface area (Å²) in [4.78, 5) is 11.5. The first-order valence-electron chi connectivity index (χ1n) is 6.47. The molecule has 2 atom stereocenters. The number of aliphatic hydroxyl groups excluding tert-OH is 1. The summed E-state index contributed by atoms with van der Waals surface area (Å²) >= 11 is 0. The quantitative estimate of drug-likeness (QED) is 0.463. The van der Waals surface area contributed by atoms with Gasteiger partial charge in [-0.05, 0) is 6.42 Å². The number of rotatable bonds is 5. The van der Waals surface area contributed by atoms with Gasteiger partial charge >= 0.3 is 5.97 Å². The first-order chi connectivity index (χ1) is 8.65. The topological polar surface area (TPSA) is 55.3 Å². The number of ether oxygens (including phenoxy) is 1. The van der Waals surface area contributed by atoms with Crippen LogP contribution in [0.3, 0.4) is 0 Å². The van der Waals surface area contributed by atoms with E-state index in [9.17, 15) is 4.79 Å². The first-order valence-corrected chi connectivity index (χ1v) is 6.47. The number of hydrogen-bond acceptors (Lipinski definition) is 3. The van der Waals surface area contributed by atoms with Gasteiger partial charge in [-0.2, -0.15) is 0 Å². The van der Waals surface area contributed by atoms with Crippen LogP contribution in [0.4, 0.5) is 0 Å². The number of cyclic esters (lactones) is 1. The molecule has 5 nitrogen and oxygen atoms in total. The number of aliphatic hydroxyl groups is 1. The Hall–Kier alpha value is -0.880. The monoisotopic (exact) mass is 332 g/mol. The maximum absolute atomic E-state index is 11.5. The maximum Gasteiger partial charge on any atom is 0.309 e. The molecule has 1 aliphatic rings. The zero-order valence-corrected chi connectivity index (χ0v) is 13.0. The third-order valence-electron chi connectivity index (χ3n) is 3.67. The van der Waals surface area contributed by atoms with Gasteiger partial charge in [-0.25, -0.2) is 9.13 Å². The van der Waals surface area contributed by atoms with Crippen molar-refractivity contribution in [1.29, 1.82) is 0 Å². The molecule has 0 amide bonds. The van der Waals surface area contributed by atoms with Crippen molar-refractivity contribution in [3.8, 4) is 0 Å². The van der Waals surface area contributed by atoms with Crippen molar-refractivity contribution in [2.24, 2.45) is 18.9 Å². The number of esters is 1. The number of halogens is 1. The Morgan fingerprint density at radius 1 is 1.58 bits per heavy atom. The second-order valence-electron chi connectivity index (χ2n) is 4.92. The van der Waals surface area contributed by atoms with Crippen LogP contribution in [0.1, 0.15) is 19.0 Å².